The molecule has 0 radical (unpaired) electrons. The number of benzene rings is 1. The maximum Gasteiger partial charge on any atom is 0.438 e. The average molecular weight is 302 g/mol. The molecule has 0 bridgehead atoms. The summed E-state index contributed by atoms with van der Waals surface area (Å²) in [6.45, 7) is 0. The van der Waals surface area contributed by atoms with Gasteiger partial charge in [-0.3, -0.25) is 9.51 Å². The standard InChI is InChI=1S/C9H7IN2O2/c10-7-4-2-1-3-6(7)5-8-11-9(13)14-12-8/h1-4H,5H2,(H,11,12,13). The fraction of sp³-hybridized carbons (Fsp3) is 0.111. The van der Waals surface area contributed by atoms with Crippen molar-refractivity contribution in [3.05, 3.63) is 49.8 Å². The van der Waals surface area contributed by atoms with Crippen molar-refractivity contribution in [2.75, 3.05) is 0 Å². The Morgan fingerprint density at radius 1 is 1.43 bits per heavy atom. The molecule has 4 nitrogen and oxygen atoms in total. The van der Waals surface area contributed by atoms with Gasteiger partial charge in [0, 0.05) is 9.99 Å². The second-order valence-corrected chi connectivity index (χ2v) is 3.97. The Morgan fingerprint density at radius 3 is 2.86 bits per heavy atom. The van der Waals surface area contributed by atoms with E-state index in [1.54, 1.807) is 0 Å². The van der Waals surface area contributed by atoms with Crippen molar-refractivity contribution in [1.82, 2.24) is 10.1 Å². The first kappa shape index (κ1) is 9.45. The zero-order valence-corrected chi connectivity index (χ0v) is 9.32. The number of H-pyrrole nitrogens is 1. The van der Waals surface area contributed by atoms with Crippen molar-refractivity contribution in [2.24, 2.45) is 0 Å². The molecule has 0 aliphatic heterocycles. The Hall–Kier alpha value is -1.11. The first-order valence-corrected chi connectivity index (χ1v) is 5.12. The van der Waals surface area contributed by atoms with Crippen LogP contribution in [0.25, 0.3) is 0 Å². The van der Waals surface area contributed by atoms with E-state index >= 15 is 0 Å². The van der Waals surface area contributed by atoms with Crippen LogP contribution in [-0.2, 0) is 6.42 Å². The van der Waals surface area contributed by atoms with Gasteiger partial charge in [-0.25, -0.2) is 4.79 Å². The molecule has 1 aromatic heterocycles. The monoisotopic (exact) mass is 302 g/mol. The summed E-state index contributed by atoms with van der Waals surface area (Å²) in [7, 11) is 0. The third-order valence-electron chi connectivity index (χ3n) is 1.80. The Bertz CT molecular complexity index is 489. The molecule has 0 spiro atoms. The van der Waals surface area contributed by atoms with Gasteiger partial charge in [0.25, 0.3) is 0 Å². The zero-order valence-electron chi connectivity index (χ0n) is 7.16. The summed E-state index contributed by atoms with van der Waals surface area (Å²) < 4.78 is 5.56. The van der Waals surface area contributed by atoms with Crippen molar-refractivity contribution >= 4 is 22.6 Å². The average Bonchev–Trinajstić information content (AvgIpc) is 2.56. The van der Waals surface area contributed by atoms with Crippen LogP contribution in [0.15, 0.2) is 33.6 Å². The third-order valence-corrected chi connectivity index (χ3v) is 2.85. The van der Waals surface area contributed by atoms with E-state index in [9.17, 15) is 4.79 Å². The predicted molar refractivity (Wildman–Crippen MR) is 59.1 cm³/mol. The number of aromatic nitrogens is 2. The van der Waals surface area contributed by atoms with Gasteiger partial charge < -0.3 is 0 Å². The lowest BCUT2D eigenvalue weighted by molar-refractivity contribution is 0.382. The van der Waals surface area contributed by atoms with E-state index in [0.29, 0.717) is 12.2 Å². The molecule has 0 aliphatic rings. The molecule has 2 aromatic rings. The van der Waals surface area contributed by atoms with Crippen molar-refractivity contribution in [3.63, 3.8) is 0 Å². The number of rotatable bonds is 2. The molecule has 0 saturated carbocycles. The molecule has 1 N–H and O–H groups in total. The summed E-state index contributed by atoms with van der Waals surface area (Å²) in [4.78, 5) is 13.2. The van der Waals surface area contributed by atoms with Gasteiger partial charge >= 0.3 is 5.76 Å². The first-order valence-electron chi connectivity index (χ1n) is 4.04. The van der Waals surface area contributed by atoms with Crippen LogP contribution >= 0.6 is 22.6 Å². The molecule has 0 saturated heterocycles. The van der Waals surface area contributed by atoms with Crippen LogP contribution in [0, 0.1) is 3.57 Å². The Labute approximate surface area is 93.5 Å². The van der Waals surface area contributed by atoms with Crippen LogP contribution in [0.3, 0.4) is 0 Å². The quantitative estimate of drug-likeness (QED) is 0.857. The molecular formula is C9H7IN2O2. The highest BCUT2D eigenvalue weighted by Crippen LogP contribution is 2.13. The second-order valence-electron chi connectivity index (χ2n) is 2.81. The number of halogens is 1. The van der Waals surface area contributed by atoms with Gasteiger partial charge in [-0.05, 0) is 34.2 Å². The molecule has 1 heterocycles. The van der Waals surface area contributed by atoms with E-state index in [4.69, 9.17) is 0 Å². The summed E-state index contributed by atoms with van der Waals surface area (Å²) in [6, 6.07) is 7.93. The molecule has 0 aliphatic carbocycles. The number of nitrogens with one attached hydrogen (secondary N) is 1. The smallest absolute Gasteiger partial charge is 0.296 e. The molecule has 5 heteroatoms. The predicted octanol–water partition coefficient (Wildman–Crippen LogP) is 1.56. The van der Waals surface area contributed by atoms with Crippen LogP contribution in [-0.4, -0.2) is 10.1 Å². The van der Waals surface area contributed by atoms with Gasteiger partial charge in [0.2, 0.25) is 0 Å². The summed E-state index contributed by atoms with van der Waals surface area (Å²) in [5, 5.41) is 3.61. The maximum absolute atomic E-state index is 10.7. The number of nitrogens with zero attached hydrogens (tertiary/aromatic N) is 1. The highest BCUT2D eigenvalue weighted by molar-refractivity contribution is 14.1. The van der Waals surface area contributed by atoms with E-state index in [1.807, 2.05) is 24.3 Å². The zero-order chi connectivity index (χ0) is 9.97. The molecular weight excluding hydrogens is 295 g/mol. The molecule has 0 atom stereocenters. The van der Waals surface area contributed by atoms with Crippen molar-refractivity contribution in [3.8, 4) is 0 Å². The molecule has 1 aromatic carbocycles. The molecule has 2 rings (SSSR count). The molecule has 0 fully saturated rings. The Balaban J connectivity index is 2.27. The summed E-state index contributed by atoms with van der Waals surface area (Å²) in [6.07, 6.45) is 0.588. The minimum Gasteiger partial charge on any atom is -0.296 e. The fourth-order valence-corrected chi connectivity index (χ4v) is 1.74. The fourth-order valence-electron chi connectivity index (χ4n) is 1.16. The highest BCUT2D eigenvalue weighted by Gasteiger charge is 2.04. The van der Waals surface area contributed by atoms with E-state index in [2.05, 4.69) is 37.3 Å². The van der Waals surface area contributed by atoms with Crippen LogP contribution < -0.4 is 5.76 Å². The van der Waals surface area contributed by atoms with Gasteiger partial charge in [0.05, 0.1) is 0 Å². The van der Waals surface area contributed by atoms with E-state index < -0.39 is 5.76 Å². The third kappa shape index (κ3) is 2.03. The molecule has 0 unspecified atom stereocenters. The molecule has 14 heavy (non-hydrogen) atoms. The Kier molecular flexibility index (Phi) is 2.67. The van der Waals surface area contributed by atoms with Crippen molar-refractivity contribution in [2.45, 2.75) is 6.42 Å². The van der Waals surface area contributed by atoms with E-state index in [1.165, 1.54) is 0 Å². The summed E-state index contributed by atoms with van der Waals surface area (Å²) in [5.41, 5.74) is 1.12. The first-order chi connectivity index (χ1) is 6.75. The van der Waals surface area contributed by atoms with Crippen LogP contribution in [0.4, 0.5) is 0 Å². The number of hydrogen-bond acceptors (Lipinski definition) is 3. The second kappa shape index (κ2) is 3.95. The maximum atomic E-state index is 10.7. The van der Waals surface area contributed by atoms with Gasteiger partial charge in [-0.2, -0.15) is 0 Å². The molecule has 72 valence electrons. The van der Waals surface area contributed by atoms with Gasteiger partial charge in [0.1, 0.15) is 0 Å². The largest absolute Gasteiger partial charge is 0.438 e. The van der Waals surface area contributed by atoms with Crippen LogP contribution in [0.1, 0.15) is 11.4 Å². The summed E-state index contributed by atoms with van der Waals surface area (Å²) >= 11 is 2.24. The van der Waals surface area contributed by atoms with Crippen LogP contribution in [0.5, 0.6) is 0 Å². The Morgan fingerprint density at radius 2 is 2.21 bits per heavy atom. The minimum absolute atomic E-state index is 0.508. The summed E-state index contributed by atoms with van der Waals surface area (Å²) in [5.74, 6) is 0.0463. The lowest BCUT2D eigenvalue weighted by Gasteiger charge is -1.99. The lowest BCUT2D eigenvalue weighted by atomic mass is 10.1. The SMILES string of the molecule is O=c1[nH]c(Cc2ccccc2I)no1. The highest BCUT2D eigenvalue weighted by atomic mass is 127. The topological polar surface area (TPSA) is 58.9 Å². The number of hydrogen-bond donors (Lipinski definition) is 1. The minimum atomic E-state index is -0.508. The lowest BCUT2D eigenvalue weighted by Crippen LogP contribution is -1.98. The van der Waals surface area contributed by atoms with Gasteiger partial charge in [-0.1, -0.05) is 23.4 Å². The van der Waals surface area contributed by atoms with Crippen molar-refractivity contribution in [1.29, 1.82) is 0 Å². The van der Waals surface area contributed by atoms with Gasteiger partial charge in [-0.15, -0.1) is 0 Å². The normalized spacial score (nSPS) is 10.4. The van der Waals surface area contributed by atoms with Crippen molar-refractivity contribution < 1.29 is 4.52 Å². The molecule has 0 amide bonds. The van der Waals surface area contributed by atoms with E-state index in [-0.39, 0.29) is 0 Å². The van der Waals surface area contributed by atoms with Gasteiger partial charge in [0.15, 0.2) is 5.82 Å². The number of aromatic amines is 1. The van der Waals surface area contributed by atoms with Crippen LogP contribution in [0.2, 0.25) is 0 Å². The van der Waals surface area contributed by atoms with E-state index in [0.717, 1.165) is 9.13 Å².